The maximum atomic E-state index is 11.8. The third-order valence-corrected chi connectivity index (χ3v) is 3.38. The largest absolute Gasteiger partial charge is 0.338 e. The van der Waals surface area contributed by atoms with Crippen LogP contribution in [-0.2, 0) is 17.8 Å². The molecule has 0 aromatic carbocycles. The minimum atomic E-state index is 0.120. The SMILES string of the molecule is CN(Cc1ncn[nH]1)C(=O)CCc1cccs1. The Labute approximate surface area is 103 Å². The first kappa shape index (κ1) is 11.8. The summed E-state index contributed by atoms with van der Waals surface area (Å²) in [5.74, 6) is 0.826. The van der Waals surface area contributed by atoms with E-state index >= 15 is 0 Å². The van der Waals surface area contributed by atoms with Gasteiger partial charge in [0.15, 0.2) is 0 Å². The van der Waals surface area contributed by atoms with E-state index in [0.29, 0.717) is 18.8 Å². The normalized spacial score (nSPS) is 10.4. The zero-order valence-corrected chi connectivity index (χ0v) is 10.4. The van der Waals surface area contributed by atoms with Crippen LogP contribution in [0.3, 0.4) is 0 Å². The van der Waals surface area contributed by atoms with E-state index in [0.717, 1.165) is 6.42 Å². The number of nitrogens with one attached hydrogen (secondary N) is 1. The molecule has 0 fully saturated rings. The van der Waals surface area contributed by atoms with E-state index in [1.165, 1.54) is 11.2 Å². The van der Waals surface area contributed by atoms with Crippen molar-refractivity contribution >= 4 is 17.2 Å². The first-order chi connectivity index (χ1) is 8.25. The van der Waals surface area contributed by atoms with Gasteiger partial charge in [0.1, 0.15) is 12.2 Å². The lowest BCUT2D eigenvalue weighted by atomic mass is 10.2. The number of carbonyl (C=O) groups excluding carboxylic acids is 1. The lowest BCUT2D eigenvalue weighted by Gasteiger charge is -2.14. The summed E-state index contributed by atoms with van der Waals surface area (Å²) in [5, 5.41) is 8.51. The molecule has 0 atom stereocenters. The Morgan fingerprint density at radius 1 is 1.59 bits per heavy atom. The van der Waals surface area contributed by atoms with Crippen LogP contribution < -0.4 is 0 Å². The Balaban J connectivity index is 1.79. The second-order valence-electron chi connectivity index (χ2n) is 3.76. The molecule has 0 aliphatic rings. The number of hydrogen-bond acceptors (Lipinski definition) is 4. The maximum Gasteiger partial charge on any atom is 0.223 e. The lowest BCUT2D eigenvalue weighted by molar-refractivity contribution is -0.130. The quantitative estimate of drug-likeness (QED) is 0.873. The molecule has 1 N–H and O–H groups in total. The number of rotatable bonds is 5. The molecule has 0 saturated heterocycles. The Hall–Kier alpha value is -1.69. The van der Waals surface area contributed by atoms with Gasteiger partial charge in [-0.1, -0.05) is 6.07 Å². The van der Waals surface area contributed by atoms with Crippen molar-refractivity contribution in [3.8, 4) is 0 Å². The van der Waals surface area contributed by atoms with E-state index in [-0.39, 0.29) is 5.91 Å². The summed E-state index contributed by atoms with van der Waals surface area (Å²) < 4.78 is 0. The number of hydrogen-bond donors (Lipinski definition) is 1. The molecule has 6 heteroatoms. The molecule has 90 valence electrons. The van der Waals surface area contributed by atoms with Gasteiger partial charge in [0, 0.05) is 18.3 Å². The molecule has 0 unspecified atom stereocenters. The standard InChI is InChI=1S/C11H14N4OS/c1-15(7-10-12-8-13-14-10)11(16)5-4-9-3-2-6-17-9/h2-3,6,8H,4-5,7H2,1H3,(H,12,13,14). The first-order valence-corrected chi connectivity index (χ1v) is 6.24. The molecule has 0 bridgehead atoms. The zero-order valence-electron chi connectivity index (χ0n) is 9.59. The molecule has 2 heterocycles. The number of H-pyrrole nitrogens is 1. The highest BCUT2D eigenvalue weighted by Gasteiger charge is 2.10. The smallest absolute Gasteiger partial charge is 0.223 e. The topological polar surface area (TPSA) is 61.9 Å². The van der Waals surface area contributed by atoms with Crippen LogP contribution in [0.25, 0.3) is 0 Å². The van der Waals surface area contributed by atoms with Gasteiger partial charge in [-0.3, -0.25) is 9.89 Å². The Morgan fingerprint density at radius 2 is 2.47 bits per heavy atom. The van der Waals surface area contributed by atoms with Crippen LogP contribution in [0.15, 0.2) is 23.8 Å². The molecule has 2 rings (SSSR count). The van der Waals surface area contributed by atoms with Crippen LogP contribution in [0.1, 0.15) is 17.1 Å². The molecule has 2 aromatic rings. The fourth-order valence-corrected chi connectivity index (χ4v) is 2.20. The Kier molecular flexibility index (Phi) is 3.87. The second-order valence-corrected chi connectivity index (χ2v) is 4.79. The average molecular weight is 250 g/mol. The van der Waals surface area contributed by atoms with Crippen molar-refractivity contribution in [3.63, 3.8) is 0 Å². The van der Waals surface area contributed by atoms with E-state index in [1.807, 2.05) is 17.5 Å². The van der Waals surface area contributed by atoms with Gasteiger partial charge in [-0.05, 0) is 17.9 Å². The fourth-order valence-electron chi connectivity index (χ4n) is 1.50. The molecule has 2 aromatic heterocycles. The zero-order chi connectivity index (χ0) is 12.1. The van der Waals surface area contributed by atoms with E-state index in [2.05, 4.69) is 15.2 Å². The molecule has 0 aliphatic carbocycles. The highest BCUT2D eigenvalue weighted by molar-refractivity contribution is 7.09. The summed E-state index contributed by atoms with van der Waals surface area (Å²) in [6.07, 6.45) is 2.78. The van der Waals surface area contributed by atoms with Crippen molar-refractivity contribution in [1.82, 2.24) is 20.1 Å². The predicted molar refractivity (Wildman–Crippen MR) is 65.5 cm³/mol. The molecule has 0 radical (unpaired) electrons. The van der Waals surface area contributed by atoms with Gasteiger partial charge >= 0.3 is 0 Å². The van der Waals surface area contributed by atoms with E-state index in [9.17, 15) is 4.79 Å². The third kappa shape index (κ3) is 3.39. The van der Waals surface area contributed by atoms with Crippen LogP contribution >= 0.6 is 11.3 Å². The van der Waals surface area contributed by atoms with Gasteiger partial charge in [-0.2, -0.15) is 5.10 Å². The number of aryl methyl sites for hydroxylation is 1. The molecule has 0 aliphatic heterocycles. The number of amides is 1. The number of thiophene rings is 1. The number of nitrogens with zero attached hydrogens (tertiary/aromatic N) is 3. The van der Waals surface area contributed by atoms with Crippen molar-refractivity contribution in [2.75, 3.05) is 7.05 Å². The molecular weight excluding hydrogens is 236 g/mol. The summed E-state index contributed by atoms with van der Waals surface area (Å²) in [6.45, 7) is 0.475. The molecule has 0 spiro atoms. The van der Waals surface area contributed by atoms with E-state index in [4.69, 9.17) is 0 Å². The summed E-state index contributed by atoms with van der Waals surface area (Å²) >= 11 is 1.68. The lowest BCUT2D eigenvalue weighted by Crippen LogP contribution is -2.26. The monoisotopic (exact) mass is 250 g/mol. The van der Waals surface area contributed by atoms with Crippen LogP contribution in [0.5, 0.6) is 0 Å². The third-order valence-electron chi connectivity index (χ3n) is 2.44. The maximum absolute atomic E-state index is 11.8. The summed E-state index contributed by atoms with van der Waals surface area (Å²) in [4.78, 5) is 18.7. The Morgan fingerprint density at radius 3 is 3.12 bits per heavy atom. The van der Waals surface area contributed by atoms with Gasteiger partial charge in [-0.25, -0.2) is 4.98 Å². The molecule has 17 heavy (non-hydrogen) atoms. The van der Waals surface area contributed by atoms with Gasteiger partial charge in [-0.15, -0.1) is 11.3 Å². The molecule has 1 amide bonds. The highest BCUT2D eigenvalue weighted by atomic mass is 32.1. The van der Waals surface area contributed by atoms with Crippen LogP contribution in [-0.4, -0.2) is 33.0 Å². The second kappa shape index (κ2) is 5.58. The van der Waals surface area contributed by atoms with Gasteiger partial charge in [0.2, 0.25) is 5.91 Å². The van der Waals surface area contributed by atoms with Crippen molar-refractivity contribution in [1.29, 1.82) is 0 Å². The van der Waals surface area contributed by atoms with Crippen molar-refractivity contribution in [2.45, 2.75) is 19.4 Å². The van der Waals surface area contributed by atoms with E-state index < -0.39 is 0 Å². The minimum absolute atomic E-state index is 0.120. The van der Waals surface area contributed by atoms with Crippen molar-refractivity contribution in [2.24, 2.45) is 0 Å². The Bertz CT molecular complexity index is 452. The summed E-state index contributed by atoms with van der Waals surface area (Å²) in [5.41, 5.74) is 0. The first-order valence-electron chi connectivity index (χ1n) is 5.36. The molecule has 0 saturated carbocycles. The number of carbonyl (C=O) groups is 1. The fraction of sp³-hybridized carbons (Fsp3) is 0.364. The van der Waals surface area contributed by atoms with Gasteiger partial charge in [0.25, 0.3) is 0 Å². The van der Waals surface area contributed by atoms with Gasteiger partial charge < -0.3 is 4.90 Å². The van der Waals surface area contributed by atoms with Gasteiger partial charge in [0.05, 0.1) is 6.54 Å². The van der Waals surface area contributed by atoms with Crippen LogP contribution in [0.4, 0.5) is 0 Å². The number of aromatic amines is 1. The average Bonchev–Trinajstić information content (AvgIpc) is 2.98. The van der Waals surface area contributed by atoms with E-state index in [1.54, 1.807) is 23.3 Å². The molecule has 5 nitrogen and oxygen atoms in total. The van der Waals surface area contributed by atoms with Crippen LogP contribution in [0.2, 0.25) is 0 Å². The summed E-state index contributed by atoms with van der Waals surface area (Å²) in [7, 11) is 1.78. The summed E-state index contributed by atoms with van der Waals surface area (Å²) in [6, 6.07) is 4.05. The molecular formula is C11H14N4OS. The number of aromatic nitrogens is 3. The minimum Gasteiger partial charge on any atom is -0.338 e. The predicted octanol–water partition coefficient (Wildman–Crippen LogP) is 1.46. The van der Waals surface area contributed by atoms with Crippen molar-refractivity contribution in [3.05, 3.63) is 34.5 Å². The highest BCUT2D eigenvalue weighted by Crippen LogP contribution is 2.11. The van der Waals surface area contributed by atoms with Crippen molar-refractivity contribution < 1.29 is 4.79 Å². The van der Waals surface area contributed by atoms with Crippen LogP contribution in [0, 0.1) is 0 Å².